The van der Waals surface area contributed by atoms with Crippen LogP contribution in [0.2, 0.25) is 0 Å². The molecule has 3 heterocycles. The van der Waals surface area contributed by atoms with Gasteiger partial charge in [-0.3, -0.25) is 4.40 Å². The molecule has 0 unspecified atom stereocenters. The van der Waals surface area contributed by atoms with Crippen LogP contribution in [0.1, 0.15) is 11.4 Å². The fourth-order valence-electron chi connectivity index (χ4n) is 1.74. The van der Waals surface area contributed by atoms with Crippen LogP contribution >= 0.6 is 11.3 Å². The highest BCUT2D eigenvalue weighted by molar-refractivity contribution is 7.13. The fourth-order valence-corrected chi connectivity index (χ4v) is 2.51. The zero-order valence-electron chi connectivity index (χ0n) is 8.77. The third-order valence-corrected chi connectivity index (χ3v) is 3.54. The Bertz CT molecular complexity index is 633. The molecular formula is C10H11N5S. The second kappa shape index (κ2) is 3.43. The van der Waals surface area contributed by atoms with Gasteiger partial charge in [-0.15, -0.1) is 11.3 Å². The largest absolute Gasteiger partial charge is 0.325 e. The van der Waals surface area contributed by atoms with Crippen molar-refractivity contribution in [3.8, 4) is 10.6 Å². The van der Waals surface area contributed by atoms with Gasteiger partial charge in [-0.2, -0.15) is 0 Å². The van der Waals surface area contributed by atoms with Crippen molar-refractivity contribution in [1.82, 2.24) is 19.4 Å². The van der Waals surface area contributed by atoms with E-state index in [2.05, 4.69) is 15.0 Å². The molecule has 6 heteroatoms. The summed E-state index contributed by atoms with van der Waals surface area (Å²) >= 11 is 1.62. The Morgan fingerprint density at radius 3 is 3.06 bits per heavy atom. The Labute approximate surface area is 96.0 Å². The number of nitrogens with one attached hydrogen (secondary N) is 1. The Balaban J connectivity index is 2.19. The topological polar surface area (TPSA) is 72.0 Å². The molecule has 0 radical (unpaired) electrons. The summed E-state index contributed by atoms with van der Waals surface area (Å²) in [5.41, 5.74) is 10.5. The molecular weight excluding hydrogens is 222 g/mol. The minimum atomic E-state index is 0.486. The van der Waals surface area contributed by atoms with Gasteiger partial charge in [0.05, 0.1) is 33.7 Å². The van der Waals surface area contributed by atoms with Gasteiger partial charge in [0.25, 0.3) is 0 Å². The van der Waals surface area contributed by atoms with Crippen LogP contribution < -0.4 is 5.73 Å². The molecule has 0 aliphatic heterocycles. The number of H-pyrrole nitrogens is 1. The van der Waals surface area contributed by atoms with Gasteiger partial charge in [-0.05, 0) is 6.92 Å². The molecule has 3 aromatic rings. The van der Waals surface area contributed by atoms with Crippen LogP contribution in [0.5, 0.6) is 0 Å². The lowest BCUT2D eigenvalue weighted by molar-refractivity contribution is 0.966. The van der Waals surface area contributed by atoms with Gasteiger partial charge in [0.1, 0.15) is 0 Å². The van der Waals surface area contributed by atoms with E-state index in [4.69, 9.17) is 5.73 Å². The summed E-state index contributed by atoms with van der Waals surface area (Å²) in [5.74, 6) is 0.822. The monoisotopic (exact) mass is 233 g/mol. The number of hydrogen-bond donors (Lipinski definition) is 2. The number of fused-ring (bicyclic) bond motifs is 1. The van der Waals surface area contributed by atoms with E-state index in [-0.39, 0.29) is 0 Å². The highest BCUT2D eigenvalue weighted by atomic mass is 32.1. The predicted molar refractivity (Wildman–Crippen MR) is 63.3 cm³/mol. The number of aromatic amines is 1. The van der Waals surface area contributed by atoms with Gasteiger partial charge < -0.3 is 10.7 Å². The van der Waals surface area contributed by atoms with E-state index < -0.39 is 0 Å². The van der Waals surface area contributed by atoms with Gasteiger partial charge in [0, 0.05) is 12.7 Å². The summed E-state index contributed by atoms with van der Waals surface area (Å²) in [6, 6.07) is 0. The quantitative estimate of drug-likeness (QED) is 0.705. The maximum absolute atomic E-state index is 5.63. The molecule has 3 aromatic heterocycles. The number of thiazole rings is 1. The third kappa shape index (κ3) is 1.27. The number of nitrogens with two attached hydrogens (primary N) is 1. The standard InChI is InChI=1S/C10H11N5S/c1-6-9(16-5-13-6)8-4-15-7(2-11)3-12-10(15)14-8/h3-5H,2,11H2,1H3,(H,12,14). The number of rotatable bonds is 2. The van der Waals surface area contributed by atoms with Crippen molar-refractivity contribution >= 4 is 17.1 Å². The number of imidazole rings is 2. The van der Waals surface area contributed by atoms with Crippen molar-refractivity contribution < 1.29 is 0 Å². The smallest absolute Gasteiger partial charge is 0.211 e. The average molecular weight is 233 g/mol. The van der Waals surface area contributed by atoms with Crippen LogP contribution in [0.4, 0.5) is 0 Å². The van der Waals surface area contributed by atoms with Gasteiger partial charge in [0.2, 0.25) is 5.78 Å². The molecule has 0 aromatic carbocycles. The van der Waals surface area contributed by atoms with Crippen LogP contribution in [0.25, 0.3) is 16.3 Å². The number of hydrogen-bond acceptors (Lipinski definition) is 4. The fraction of sp³-hybridized carbons (Fsp3) is 0.200. The zero-order chi connectivity index (χ0) is 11.1. The minimum Gasteiger partial charge on any atom is -0.325 e. The first-order chi connectivity index (χ1) is 7.79. The van der Waals surface area contributed by atoms with E-state index in [9.17, 15) is 0 Å². The molecule has 0 saturated carbocycles. The molecule has 0 aliphatic carbocycles. The van der Waals surface area contributed by atoms with Crippen LogP contribution in [0, 0.1) is 6.92 Å². The molecule has 5 nitrogen and oxygen atoms in total. The first-order valence-corrected chi connectivity index (χ1v) is 5.83. The maximum atomic E-state index is 5.63. The van der Waals surface area contributed by atoms with E-state index in [1.165, 1.54) is 0 Å². The number of aromatic nitrogens is 4. The Hall–Kier alpha value is -1.66. The van der Waals surface area contributed by atoms with Crippen LogP contribution in [0.3, 0.4) is 0 Å². The van der Waals surface area contributed by atoms with Crippen LogP contribution in [0.15, 0.2) is 17.9 Å². The van der Waals surface area contributed by atoms with E-state index >= 15 is 0 Å². The van der Waals surface area contributed by atoms with Gasteiger partial charge in [0.15, 0.2) is 0 Å². The minimum absolute atomic E-state index is 0.486. The number of nitrogens with zero attached hydrogens (tertiary/aromatic N) is 3. The molecule has 0 saturated heterocycles. The van der Waals surface area contributed by atoms with Gasteiger partial charge in [-0.25, -0.2) is 9.97 Å². The summed E-state index contributed by atoms with van der Waals surface area (Å²) in [5, 5.41) is 0. The summed E-state index contributed by atoms with van der Waals surface area (Å²) in [6.45, 7) is 2.49. The van der Waals surface area contributed by atoms with E-state index in [1.807, 2.05) is 23.0 Å². The van der Waals surface area contributed by atoms with E-state index in [0.717, 1.165) is 27.7 Å². The molecule has 0 bridgehead atoms. The first-order valence-electron chi connectivity index (χ1n) is 4.95. The molecule has 3 rings (SSSR count). The van der Waals surface area contributed by atoms with Crippen molar-refractivity contribution in [2.75, 3.05) is 0 Å². The van der Waals surface area contributed by atoms with Gasteiger partial charge in [-0.1, -0.05) is 0 Å². The Morgan fingerprint density at radius 1 is 1.50 bits per heavy atom. The summed E-state index contributed by atoms with van der Waals surface area (Å²) < 4.78 is 1.98. The normalized spacial score (nSPS) is 11.4. The molecule has 0 atom stereocenters. The van der Waals surface area contributed by atoms with Gasteiger partial charge >= 0.3 is 0 Å². The summed E-state index contributed by atoms with van der Waals surface area (Å²) in [4.78, 5) is 12.9. The maximum Gasteiger partial charge on any atom is 0.211 e. The van der Waals surface area contributed by atoms with Crippen LogP contribution in [-0.4, -0.2) is 19.4 Å². The molecule has 0 spiro atoms. The molecule has 3 N–H and O–H groups in total. The van der Waals surface area contributed by atoms with E-state index in [0.29, 0.717) is 6.54 Å². The third-order valence-electron chi connectivity index (χ3n) is 2.58. The molecule has 0 fully saturated rings. The lowest BCUT2D eigenvalue weighted by Crippen LogP contribution is -1.98. The Kier molecular flexibility index (Phi) is 2.05. The van der Waals surface area contributed by atoms with Crippen molar-refractivity contribution in [3.05, 3.63) is 29.3 Å². The number of aryl methyl sites for hydroxylation is 1. The van der Waals surface area contributed by atoms with Crippen molar-refractivity contribution in [3.63, 3.8) is 0 Å². The summed E-state index contributed by atoms with van der Waals surface area (Å²) in [6.07, 6.45) is 3.81. The highest BCUT2D eigenvalue weighted by Crippen LogP contribution is 2.26. The second-order valence-electron chi connectivity index (χ2n) is 3.58. The molecule has 82 valence electrons. The average Bonchev–Trinajstić information content (AvgIpc) is 2.90. The Morgan fingerprint density at radius 2 is 2.38 bits per heavy atom. The van der Waals surface area contributed by atoms with Crippen molar-refractivity contribution in [1.29, 1.82) is 0 Å². The molecule has 16 heavy (non-hydrogen) atoms. The zero-order valence-corrected chi connectivity index (χ0v) is 9.58. The first kappa shape index (κ1) is 9.56. The highest BCUT2D eigenvalue weighted by Gasteiger charge is 2.10. The summed E-state index contributed by atoms with van der Waals surface area (Å²) in [7, 11) is 0. The molecule has 0 aliphatic rings. The predicted octanol–water partition coefficient (Wildman–Crippen LogP) is 1.55. The van der Waals surface area contributed by atoms with E-state index in [1.54, 1.807) is 17.5 Å². The lowest BCUT2D eigenvalue weighted by atomic mass is 10.3. The second-order valence-corrected chi connectivity index (χ2v) is 4.44. The van der Waals surface area contributed by atoms with Crippen molar-refractivity contribution in [2.24, 2.45) is 5.73 Å². The molecule has 0 amide bonds. The van der Waals surface area contributed by atoms with Crippen LogP contribution in [-0.2, 0) is 6.54 Å². The SMILES string of the molecule is Cc1ncsc1-c1cn2c(CN)cnc2[nH]1. The van der Waals surface area contributed by atoms with Crippen molar-refractivity contribution in [2.45, 2.75) is 13.5 Å². The lowest BCUT2D eigenvalue weighted by Gasteiger charge is -1.92.